The Hall–Kier alpha value is -1.03. The number of benzene rings is 1. The Morgan fingerprint density at radius 3 is 2.72 bits per heavy atom. The van der Waals surface area contributed by atoms with Crippen molar-refractivity contribution in [3.05, 3.63) is 45.7 Å². The Morgan fingerprint density at radius 2 is 2.00 bits per heavy atom. The third-order valence-corrected chi connectivity index (χ3v) is 3.22. The molecule has 6 heteroatoms. The van der Waals surface area contributed by atoms with Gasteiger partial charge in [-0.25, -0.2) is 4.98 Å². The van der Waals surface area contributed by atoms with E-state index in [1.54, 1.807) is 24.3 Å². The smallest absolute Gasteiger partial charge is 0.322 e. The van der Waals surface area contributed by atoms with Crippen LogP contribution in [0.25, 0.3) is 0 Å². The number of rotatable bonds is 3. The Bertz CT molecular complexity index is 575. The van der Waals surface area contributed by atoms with Gasteiger partial charge in [0.1, 0.15) is 5.02 Å². The lowest BCUT2D eigenvalue weighted by molar-refractivity contribution is 0.439. The molecule has 0 saturated heterocycles. The maximum atomic E-state index is 6.02. The van der Waals surface area contributed by atoms with Crippen LogP contribution in [0.5, 0.6) is 11.8 Å². The van der Waals surface area contributed by atoms with Gasteiger partial charge in [0, 0.05) is 5.69 Å². The van der Waals surface area contributed by atoms with Crippen molar-refractivity contribution < 1.29 is 4.74 Å². The van der Waals surface area contributed by atoms with Crippen molar-refractivity contribution >= 4 is 34.8 Å². The first kappa shape index (κ1) is 13.4. The van der Waals surface area contributed by atoms with E-state index in [2.05, 4.69) is 9.97 Å². The molecule has 0 fully saturated rings. The third-order valence-electron chi connectivity index (χ3n) is 2.14. The lowest BCUT2D eigenvalue weighted by atomic mass is 10.3. The summed E-state index contributed by atoms with van der Waals surface area (Å²) in [5, 5.41) is 0.746. The van der Waals surface area contributed by atoms with Crippen molar-refractivity contribution in [2.45, 2.75) is 12.8 Å². The molecular weight excluding hydrogens is 295 g/mol. The normalized spacial score (nSPS) is 10.4. The van der Waals surface area contributed by atoms with E-state index in [0.717, 1.165) is 5.69 Å². The summed E-state index contributed by atoms with van der Waals surface area (Å²) in [6, 6.07) is 7.11. The lowest BCUT2D eigenvalue weighted by Crippen LogP contribution is -1.97. The van der Waals surface area contributed by atoms with Gasteiger partial charge in [0.25, 0.3) is 0 Å². The predicted molar refractivity (Wildman–Crippen MR) is 72.9 cm³/mol. The van der Waals surface area contributed by atoms with Crippen molar-refractivity contribution in [1.82, 2.24) is 9.97 Å². The molecule has 2 aromatic rings. The number of hydrogen-bond donors (Lipinski definition) is 0. The fourth-order valence-corrected chi connectivity index (χ4v) is 1.85. The largest absolute Gasteiger partial charge is 0.423 e. The molecule has 0 aliphatic rings. The third kappa shape index (κ3) is 3.05. The number of nitrogens with zero attached hydrogens (tertiary/aromatic N) is 2. The average molecular weight is 304 g/mol. The molecule has 0 atom stereocenters. The van der Waals surface area contributed by atoms with Crippen LogP contribution in [0, 0.1) is 6.92 Å². The minimum absolute atomic E-state index is 0.204. The van der Waals surface area contributed by atoms with E-state index >= 15 is 0 Å². The first-order chi connectivity index (χ1) is 8.60. The lowest BCUT2D eigenvalue weighted by Gasteiger charge is -2.08. The summed E-state index contributed by atoms with van der Waals surface area (Å²) in [6.07, 6.45) is 0. The molecule has 1 aromatic heterocycles. The molecule has 0 bridgehead atoms. The second kappa shape index (κ2) is 5.74. The molecule has 0 aliphatic heterocycles. The van der Waals surface area contributed by atoms with Crippen LogP contribution >= 0.6 is 34.8 Å². The Labute approximate surface area is 120 Å². The van der Waals surface area contributed by atoms with Crippen molar-refractivity contribution in [3.8, 4) is 11.8 Å². The maximum absolute atomic E-state index is 6.02. The number of alkyl halides is 1. The quantitative estimate of drug-likeness (QED) is 0.776. The van der Waals surface area contributed by atoms with Crippen molar-refractivity contribution in [3.63, 3.8) is 0 Å². The summed E-state index contributed by atoms with van der Waals surface area (Å²) in [5.74, 6) is 0.707. The zero-order valence-electron chi connectivity index (χ0n) is 9.45. The molecule has 0 saturated carbocycles. The van der Waals surface area contributed by atoms with Gasteiger partial charge < -0.3 is 4.74 Å². The molecule has 1 aromatic carbocycles. The molecule has 0 spiro atoms. The summed E-state index contributed by atoms with van der Waals surface area (Å²) in [7, 11) is 0. The van der Waals surface area contributed by atoms with Crippen molar-refractivity contribution in [2.24, 2.45) is 0 Å². The van der Waals surface area contributed by atoms with Crippen LogP contribution in [0.3, 0.4) is 0 Å². The Balaban J connectivity index is 2.34. The molecule has 0 aliphatic carbocycles. The first-order valence-electron chi connectivity index (χ1n) is 5.12. The minimum Gasteiger partial charge on any atom is -0.423 e. The molecule has 1 heterocycles. The van der Waals surface area contributed by atoms with Crippen molar-refractivity contribution in [1.29, 1.82) is 0 Å². The highest BCUT2D eigenvalue weighted by Crippen LogP contribution is 2.33. The van der Waals surface area contributed by atoms with Gasteiger partial charge in [0.05, 0.1) is 16.6 Å². The van der Waals surface area contributed by atoms with Crippen LogP contribution in [0.4, 0.5) is 0 Å². The molecule has 18 heavy (non-hydrogen) atoms. The van der Waals surface area contributed by atoms with Crippen LogP contribution in [-0.4, -0.2) is 9.97 Å². The van der Waals surface area contributed by atoms with Gasteiger partial charge in [-0.3, -0.25) is 0 Å². The van der Waals surface area contributed by atoms with Gasteiger partial charge in [-0.05, 0) is 25.1 Å². The van der Waals surface area contributed by atoms with Crippen molar-refractivity contribution in [2.75, 3.05) is 0 Å². The van der Waals surface area contributed by atoms with Crippen LogP contribution < -0.4 is 4.74 Å². The van der Waals surface area contributed by atoms with Gasteiger partial charge in [-0.1, -0.05) is 29.3 Å². The topological polar surface area (TPSA) is 35.0 Å². The van der Waals surface area contributed by atoms with E-state index in [4.69, 9.17) is 39.5 Å². The predicted octanol–water partition coefficient (Wildman–Crippen LogP) is 4.62. The van der Waals surface area contributed by atoms with Crippen LogP contribution in [0.15, 0.2) is 24.3 Å². The molecular formula is C12H9Cl3N2O. The van der Waals surface area contributed by atoms with E-state index in [0.29, 0.717) is 27.4 Å². The molecule has 0 N–H and O–H groups in total. The van der Waals surface area contributed by atoms with E-state index in [9.17, 15) is 0 Å². The Kier molecular flexibility index (Phi) is 4.27. The monoisotopic (exact) mass is 302 g/mol. The summed E-state index contributed by atoms with van der Waals surface area (Å²) in [6.45, 7) is 1.84. The van der Waals surface area contributed by atoms with E-state index in [-0.39, 0.29) is 6.01 Å². The van der Waals surface area contributed by atoms with E-state index < -0.39 is 0 Å². The van der Waals surface area contributed by atoms with Gasteiger partial charge in [0.2, 0.25) is 0 Å². The van der Waals surface area contributed by atoms with Crippen LogP contribution in [-0.2, 0) is 5.88 Å². The number of ether oxygens (including phenoxy) is 1. The molecule has 3 nitrogen and oxygen atoms in total. The molecule has 0 radical (unpaired) electrons. The van der Waals surface area contributed by atoms with E-state index in [1.165, 1.54) is 0 Å². The maximum Gasteiger partial charge on any atom is 0.322 e. The summed E-state index contributed by atoms with van der Waals surface area (Å²) < 4.78 is 5.52. The van der Waals surface area contributed by atoms with Gasteiger partial charge in [0.15, 0.2) is 5.75 Å². The van der Waals surface area contributed by atoms with Gasteiger partial charge in [-0.2, -0.15) is 4.98 Å². The fourth-order valence-electron chi connectivity index (χ4n) is 1.38. The SMILES string of the molecule is Cc1cc(CCl)nc(Oc2cccc(Cl)c2Cl)n1. The average Bonchev–Trinajstić information content (AvgIpc) is 2.34. The molecule has 0 amide bonds. The van der Waals surface area contributed by atoms with Crippen LogP contribution in [0.2, 0.25) is 10.0 Å². The second-order valence-electron chi connectivity index (χ2n) is 3.57. The highest BCUT2D eigenvalue weighted by atomic mass is 35.5. The first-order valence-corrected chi connectivity index (χ1v) is 6.41. The zero-order chi connectivity index (χ0) is 13.1. The Morgan fingerprint density at radius 1 is 1.22 bits per heavy atom. The number of hydrogen-bond acceptors (Lipinski definition) is 3. The minimum atomic E-state index is 0.204. The van der Waals surface area contributed by atoms with Gasteiger partial charge >= 0.3 is 6.01 Å². The highest BCUT2D eigenvalue weighted by Gasteiger charge is 2.09. The highest BCUT2D eigenvalue weighted by molar-refractivity contribution is 6.42. The number of halogens is 3. The molecule has 94 valence electrons. The summed E-state index contributed by atoms with van der Waals surface area (Å²) >= 11 is 17.7. The standard InChI is InChI=1S/C12H9Cl3N2O/c1-7-5-8(6-13)17-12(16-7)18-10-4-2-3-9(14)11(10)15/h2-5H,6H2,1H3. The van der Waals surface area contributed by atoms with E-state index in [1.807, 2.05) is 6.92 Å². The summed E-state index contributed by atoms with van der Waals surface area (Å²) in [5.41, 5.74) is 1.46. The zero-order valence-corrected chi connectivity index (χ0v) is 11.7. The molecule has 0 unspecified atom stereocenters. The summed E-state index contributed by atoms with van der Waals surface area (Å²) in [4.78, 5) is 8.31. The number of aryl methyl sites for hydroxylation is 1. The van der Waals surface area contributed by atoms with Crippen LogP contribution in [0.1, 0.15) is 11.4 Å². The van der Waals surface area contributed by atoms with Gasteiger partial charge in [-0.15, -0.1) is 11.6 Å². The second-order valence-corrected chi connectivity index (χ2v) is 4.62. The molecule has 2 rings (SSSR count). The fraction of sp³-hybridized carbons (Fsp3) is 0.167. The number of aromatic nitrogens is 2.